The van der Waals surface area contributed by atoms with Crippen LogP contribution in [0, 0.1) is 17.5 Å². The van der Waals surface area contributed by atoms with Crippen molar-refractivity contribution in [2.75, 3.05) is 13.2 Å². The van der Waals surface area contributed by atoms with Gasteiger partial charge in [-0.2, -0.15) is 4.99 Å². The number of halogens is 3. The van der Waals surface area contributed by atoms with Gasteiger partial charge in [-0.3, -0.25) is 4.79 Å². The van der Waals surface area contributed by atoms with E-state index >= 15 is 0 Å². The summed E-state index contributed by atoms with van der Waals surface area (Å²) in [6.07, 6.45) is -0.442. The van der Waals surface area contributed by atoms with E-state index in [1.54, 1.807) is 12.1 Å². The monoisotopic (exact) mass is 421 g/mol. The number of amides is 1. The number of guanidine groups is 1. The van der Waals surface area contributed by atoms with Crippen LogP contribution in [-0.4, -0.2) is 37.3 Å². The number of carbonyl (C=O) groups excluding carboxylic acids is 1. The van der Waals surface area contributed by atoms with Gasteiger partial charge >= 0.3 is 0 Å². The maximum absolute atomic E-state index is 13.4. The SMILES string of the molecule is NC(CC(N)c1ccc(F)cc1)N/C(=N\C(=O)c1ccc(F)c(F)c1)NC1COC1. The molecule has 1 aliphatic rings. The van der Waals surface area contributed by atoms with E-state index in [1.165, 1.54) is 12.1 Å². The number of hydrogen-bond acceptors (Lipinski definition) is 4. The van der Waals surface area contributed by atoms with Crippen LogP contribution in [0.4, 0.5) is 13.2 Å². The summed E-state index contributed by atoms with van der Waals surface area (Å²) in [6.45, 7) is 0.842. The van der Waals surface area contributed by atoms with E-state index in [0.29, 0.717) is 18.8 Å². The number of nitrogens with two attached hydrogens (primary N) is 2. The van der Waals surface area contributed by atoms with Crippen LogP contribution in [-0.2, 0) is 4.74 Å². The fourth-order valence-corrected chi connectivity index (χ4v) is 2.77. The standard InChI is InChI=1S/C20H22F3N5O2/c21-13-4-1-11(2-5-13)17(24)8-18(25)27-20(26-14-9-30-10-14)28-19(29)12-3-6-15(22)16(23)7-12/h1-7,14,17-18H,8-10,24-25H2,(H2,26,27,28,29). The molecule has 30 heavy (non-hydrogen) atoms. The van der Waals surface area contributed by atoms with E-state index in [4.69, 9.17) is 16.2 Å². The normalized spacial score (nSPS) is 16.5. The third kappa shape index (κ3) is 5.78. The zero-order chi connectivity index (χ0) is 21.7. The zero-order valence-corrected chi connectivity index (χ0v) is 15.9. The lowest BCUT2D eigenvalue weighted by molar-refractivity contribution is 0.00273. The third-order valence-electron chi connectivity index (χ3n) is 4.49. The number of rotatable bonds is 6. The average molecular weight is 421 g/mol. The molecule has 0 bridgehead atoms. The second kappa shape index (κ2) is 9.70. The first-order valence-electron chi connectivity index (χ1n) is 9.27. The first-order chi connectivity index (χ1) is 14.3. The predicted octanol–water partition coefficient (Wildman–Crippen LogP) is 1.55. The van der Waals surface area contributed by atoms with Crippen molar-refractivity contribution in [1.82, 2.24) is 10.6 Å². The van der Waals surface area contributed by atoms with Gasteiger partial charge in [-0.1, -0.05) is 12.1 Å². The number of carbonyl (C=O) groups is 1. The highest BCUT2D eigenvalue weighted by atomic mass is 19.2. The lowest BCUT2D eigenvalue weighted by atomic mass is 10.0. The summed E-state index contributed by atoms with van der Waals surface area (Å²) in [5.74, 6) is -3.29. The molecule has 1 saturated heterocycles. The summed E-state index contributed by atoms with van der Waals surface area (Å²) < 4.78 is 44.7. The van der Waals surface area contributed by atoms with E-state index in [9.17, 15) is 18.0 Å². The highest BCUT2D eigenvalue weighted by Crippen LogP contribution is 2.15. The van der Waals surface area contributed by atoms with Crippen LogP contribution in [0.1, 0.15) is 28.4 Å². The average Bonchev–Trinajstić information content (AvgIpc) is 2.67. The lowest BCUT2D eigenvalue weighted by Gasteiger charge is -2.30. The Morgan fingerprint density at radius 3 is 2.40 bits per heavy atom. The molecule has 7 nitrogen and oxygen atoms in total. The molecule has 1 aliphatic heterocycles. The van der Waals surface area contributed by atoms with Gasteiger partial charge in [0.2, 0.25) is 5.96 Å². The van der Waals surface area contributed by atoms with Gasteiger partial charge in [0.1, 0.15) is 5.82 Å². The molecule has 2 aromatic rings. The fraction of sp³-hybridized carbons (Fsp3) is 0.300. The first-order valence-corrected chi connectivity index (χ1v) is 9.27. The van der Waals surface area contributed by atoms with Crippen molar-refractivity contribution >= 4 is 11.9 Å². The number of aliphatic imine (C=N–C) groups is 1. The Hall–Kier alpha value is -2.95. The highest BCUT2D eigenvalue weighted by Gasteiger charge is 2.22. The quantitative estimate of drug-likeness (QED) is 0.320. The van der Waals surface area contributed by atoms with Crippen LogP contribution < -0.4 is 22.1 Å². The minimum Gasteiger partial charge on any atom is -0.377 e. The maximum Gasteiger partial charge on any atom is 0.280 e. The van der Waals surface area contributed by atoms with Crippen molar-refractivity contribution in [3.63, 3.8) is 0 Å². The third-order valence-corrected chi connectivity index (χ3v) is 4.49. The van der Waals surface area contributed by atoms with Crippen LogP contribution in [0.25, 0.3) is 0 Å². The number of hydrogen-bond donors (Lipinski definition) is 4. The van der Waals surface area contributed by atoms with Crippen molar-refractivity contribution in [3.05, 3.63) is 71.0 Å². The number of nitrogens with zero attached hydrogens (tertiary/aromatic N) is 1. The van der Waals surface area contributed by atoms with Gasteiger partial charge in [0, 0.05) is 11.6 Å². The van der Waals surface area contributed by atoms with E-state index in [1.807, 2.05) is 0 Å². The van der Waals surface area contributed by atoms with Gasteiger partial charge in [-0.05, 0) is 42.3 Å². The first kappa shape index (κ1) is 21.8. The Balaban J connectivity index is 1.69. The molecule has 2 aromatic carbocycles. The molecule has 0 radical (unpaired) electrons. The van der Waals surface area contributed by atoms with Gasteiger partial charge in [0.25, 0.3) is 5.91 Å². The number of nitrogens with one attached hydrogen (secondary N) is 2. The lowest BCUT2D eigenvalue weighted by Crippen LogP contribution is -2.56. The van der Waals surface area contributed by atoms with E-state index < -0.39 is 29.7 Å². The van der Waals surface area contributed by atoms with Crippen molar-refractivity contribution < 1.29 is 22.7 Å². The van der Waals surface area contributed by atoms with Gasteiger partial charge in [-0.15, -0.1) is 0 Å². The molecule has 0 aliphatic carbocycles. The minimum atomic E-state index is -1.15. The molecule has 1 amide bonds. The molecule has 2 unspecified atom stereocenters. The zero-order valence-electron chi connectivity index (χ0n) is 15.9. The van der Waals surface area contributed by atoms with Crippen molar-refractivity contribution in [2.45, 2.75) is 24.7 Å². The summed E-state index contributed by atoms with van der Waals surface area (Å²) in [5.41, 5.74) is 12.8. The molecule has 3 rings (SSSR count). The van der Waals surface area contributed by atoms with Gasteiger partial charge in [0.15, 0.2) is 11.6 Å². The Labute approximate surface area is 171 Å². The Morgan fingerprint density at radius 1 is 1.10 bits per heavy atom. The van der Waals surface area contributed by atoms with Crippen molar-refractivity contribution in [2.24, 2.45) is 16.5 Å². The molecule has 1 fully saturated rings. The summed E-state index contributed by atoms with van der Waals surface area (Å²) in [6, 6.07) is 7.95. The van der Waals surface area contributed by atoms with E-state index in [2.05, 4.69) is 15.6 Å². The van der Waals surface area contributed by atoms with Crippen LogP contribution in [0.2, 0.25) is 0 Å². The highest BCUT2D eigenvalue weighted by molar-refractivity contribution is 6.02. The number of benzene rings is 2. The fourth-order valence-electron chi connectivity index (χ4n) is 2.77. The van der Waals surface area contributed by atoms with Gasteiger partial charge < -0.3 is 26.8 Å². The van der Waals surface area contributed by atoms with Gasteiger partial charge in [0.05, 0.1) is 25.4 Å². The van der Waals surface area contributed by atoms with Crippen LogP contribution >= 0.6 is 0 Å². The molecular weight excluding hydrogens is 399 g/mol. The summed E-state index contributed by atoms with van der Waals surface area (Å²) in [5, 5.41) is 5.86. The molecule has 2 atom stereocenters. The second-order valence-corrected chi connectivity index (χ2v) is 6.92. The summed E-state index contributed by atoms with van der Waals surface area (Å²) >= 11 is 0. The molecule has 160 valence electrons. The van der Waals surface area contributed by atoms with Crippen molar-refractivity contribution in [1.29, 1.82) is 0 Å². The summed E-state index contributed by atoms with van der Waals surface area (Å²) in [7, 11) is 0. The largest absolute Gasteiger partial charge is 0.377 e. The Bertz CT molecular complexity index is 919. The Morgan fingerprint density at radius 2 is 1.80 bits per heavy atom. The minimum absolute atomic E-state index is 0.0665. The van der Waals surface area contributed by atoms with Crippen molar-refractivity contribution in [3.8, 4) is 0 Å². The maximum atomic E-state index is 13.4. The molecule has 0 saturated carbocycles. The predicted molar refractivity (Wildman–Crippen MR) is 105 cm³/mol. The van der Waals surface area contributed by atoms with Crippen LogP contribution in [0.15, 0.2) is 47.5 Å². The Kier molecular flexibility index (Phi) is 7.03. The van der Waals surface area contributed by atoms with E-state index in [-0.39, 0.29) is 29.8 Å². The molecule has 10 heteroatoms. The smallest absolute Gasteiger partial charge is 0.280 e. The topological polar surface area (TPSA) is 115 Å². The number of ether oxygens (including phenoxy) is 1. The molecule has 6 N–H and O–H groups in total. The van der Waals surface area contributed by atoms with Crippen LogP contribution in [0.5, 0.6) is 0 Å². The molecular formula is C20H22F3N5O2. The molecule has 0 spiro atoms. The molecule has 1 heterocycles. The molecule has 0 aromatic heterocycles. The second-order valence-electron chi connectivity index (χ2n) is 6.92. The summed E-state index contributed by atoms with van der Waals surface area (Å²) in [4.78, 5) is 16.3. The van der Waals surface area contributed by atoms with E-state index in [0.717, 1.165) is 18.2 Å². The van der Waals surface area contributed by atoms with Crippen LogP contribution in [0.3, 0.4) is 0 Å². The van der Waals surface area contributed by atoms with Gasteiger partial charge in [-0.25, -0.2) is 13.2 Å².